The van der Waals surface area contributed by atoms with Gasteiger partial charge in [0.25, 0.3) is 0 Å². The molecule has 0 aliphatic rings. The fraction of sp³-hybridized carbons (Fsp3) is 0.154. The van der Waals surface area contributed by atoms with Crippen molar-refractivity contribution in [3.05, 3.63) is 54.1 Å². The number of carbonyl (C=O) groups excluding carboxylic acids is 1. The van der Waals surface area contributed by atoms with Gasteiger partial charge in [-0.05, 0) is 53.5 Å². The average Bonchev–Trinajstić information content (AvgIpc) is 2.62. The summed E-state index contributed by atoms with van der Waals surface area (Å²) in [6.45, 7) is 3.97. The van der Waals surface area contributed by atoms with E-state index < -0.39 is 0 Å². The molecule has 0 aliphatic heterocycles. The molecule has 0 N–H and O–H groups in total. The SMILES string of the molecule is Cc1ccc(Br)c(C(=O)c2cc(C)c(Br)s2)c1. The number of hydrogen-bond acceptors (Lipinski definition) is 2. The third-order valence-electron chi connectivity index (χ3n) is 2.45. The molecule has 0 unspecified atom stereocenters. The minimum atomic E-state index is 0.0689. The van der Waals surface area contributed by atoms with Crippen molar-refractivity contribution in [2.45, 2.75) is 13.8 Å². The average molecular weight is 374 g/mol. The van der Waals surface area contributed by atoms with E-state index >= 15 is 0 Å². The summed E-state index contributed by atoms with van der Waals surface area (Å²) in [5.74, 6) is 0.0689. The standard InChI is InChI=1S/C13H10Br2OS/c1-7-3-4-10(14)9(5-7)12(16)11-6-8(2)13(15)17-11/h3-6H,1-2H3. The van der Waals surface area contributed by atoms with Gasteiger partial charge in [0.1, 0.15) is 0 Å². The second kappa shape index (κ2) is 5.04. The number of benzene rings is 1. The van der Waals surface area contributed by atoms with Crippen LogP contribution in [0.2, 0.25) is 0 Å². The molecular weight excluding hydrogens is 364 g/mol. The summed E-state index contributed by atoms with van der Waals surface area (Å²) >= 11 is 8.35. The molecule has 0 radical (unpaired) electrons. The third-order valence-corrected chi connectivity index (χ3v) is 5.27. The summed E-state index contributed by atoms with van der Waals surface area (Å²) in [6.07, 6.45) is 0. The molecule has 88 valence electrons. The van der Waals surface area contributed by atoms with Gasteiger partial charge in [0, 0.05) is 10.0 Å². The van der Waals surface area contributed by atoms with Gasteiger partial charge in [0.05, 0.1) is 8.66 Å². The Hall–Kier alpha value is -0.450. The molecular formula is C13H10Br2OS. The first-order chi connectivity index (χ1) is 7.99. The van der Waals surface area contributed by atoms with Gasteiger partial charge in [0.2, 0.25) is 5.78 Å². The van der Waals surface area contributed by atoms with Crippen LogP contribution in [0.3, 0.4) is 0 Å². The molecule has 17 heavy (non-hydrogen) atoms. The molecule has 0 amide bonds. The number of hydrogen-bond donors (Lipinski definition) is 0. The normalized spacial score (nSPS) is 10.6. The number of ketones is 1. The number of carbonyl (C=O) groups is 1. The lowest BCUT2D eigenvalue weighted by Crippen LogP contribution is -2.00. The predicted octanol–water partition coefficient (Wildman–Crippen LogP) is 5.12. The summed E-state index contributed by atoms with van der Waals surface area (Å²) in [7, 11) is 0. The van der Waals surface area contributed by atoms with Gasteiger partial charge in [-0.2, -0.15) is 0 Å². The lowest BCUT2D eigenvalue weighted by molar-refractivity contribution is 0.104. The monoisotopic (exact) mass is 372 g/mol. The summed E-state index contributed by atoms with van der Waals surface area (Å²) in [5, 5.41) is 0. The van der Waals surface area contributed by atoms with Gasteiger partial charge in [-0.3, -0.25) is 4.79 Å². The van der Waals surface area contributed by atoms with Gasteiger partial charge in [-0.15, -0.1) is 11.3 Å². The van der Waals surface area contributed by atoms with Gasteiger partial charge < -0.3 is 0 Å². The smallest absolute Gasteiger partial charge is 0.204 e. The molecule has 0 spiro atoms. The fourth-order valence-corrected chi connectivity index (χ4v) is 3.43. The molecule has 0 bridgehead atoms. The Morgan fingerprint density at radius 2 is 1.88 bits per heavy atom. The maximum atomic E-state index is 12.3. The highest BCUT2D eigenvalue weighted by molar-refractivity contribution is 9.11. The van der Waals surface area contributed by atoms with E-state index in [-0.39, 0.29) is 5.78 Å². The first-order valence-electron chi connectivity index (χ1n) is 5.06. The molecule has 2 rings (SSSR count). The fourth-order valence-electron chi connectivity index (χ4n) is 1.52. The van der Waals surface area contributed by atoms with E-state index in [9.17, 15) is 4.79 Å². The van der Waals surface area contributed by atoms with Crippen molar-refractivity contribution in [2.24, 2.45) is 0 Å². The van der Waals surface area contributed by atoms with Crippen molar-refractivity contribution in [1.82, 2.24) is 0 Å². The molecule has 0 saturated carbocycles. The lowest BCUT2D eigenvalue weighted by Gasteiger charge is -2.03. The second-order valence-corrected chi connectivity index (χ2v) is 7.10. The molecule has 1 aromatic carbocycles. The molecule has 0 aliphatic carbocycles. The first kappa shape index (κ1) is 13.0. The Balaban J connectivity index is 2.47. The van der Waals surface area contributed by atoms with E-state index in [0.29, 0.717) is 0 Å². The Kier molecular flexibility index (Phi) is 3.85. The summed E-state index contributed by atoms with van der Waals surface area (Å²) in [6, 6.07) is 7.73. The van der Waals surface area contributed by atoms with Crippen molar-refractivity contribution in [3.8, 4) is 0 Å². The number of rotatable bonds is 2. The molecule has 0 atom stereocenters. The topological polar surface area (TPSA) is 17.1 Å². The second-order valence-electron chi connectivity index (χ2n) is 3.88. The zero-order chi connectivity index (χ0) is 12.6. The van der Waals surface area contributed by atoms with Gasteiger partial charge in [-0.1, -0.05) is 27.6 Å². The highest BCUT2D eigenvalue weighted by Gasteiger charge is 2.16. The molecule has 4 heteroatoms. The quantitative estimate of drug-likeness (QED) is 0.667. The zero-order valence-corrected chi connectivity index (χ0v) is 13.4. The number of aryl methyl sites for hydroxylation is 2. The van der Waals surface area contributed by atoms with Crippen LogP contribution in [0.4, 0.5) is 0 Å². The minimum Gasteiger partial charge on any atom is -0.288 e. The van der Waals surface area contributed by atoms with Crippen LogP contribution in [0, 0.1) is 13.8 Å². The third kappa shape index (κ3) is 2.69. The van der Waals surface area contributed by atoms with E-state index in [1.54, 1.807) is 0 Å². The van der Waals surface area contributed by atoms with Crippen molar-refractivity contribution < 1.29 is 4.79 Å². The van der Waals surface area contributed by atoms with Crippen molar-refractivity contribution in [3.63, 3.8) is 0 Å². The Morgan fingerprint density at radius 3 is 2.47 bits per heavy atom. The molecule has 0 fully saturated rings. The molecule has 1 aromatic heterocycles. The first-order valence-corrected chi connectivity index (χ1v) is 7.46. The van der Waals surface area contributed by atoms with Crippen LogP contribution in [0.5, 0.6) is 0 Å². The number of halogens is 2. The summed E-state index contributed by atoms with van der Waals surface area (Å²) < 4.78 is 1.86. The van der Waals surface area contributed by atoms with E-state index in [1.165, 1.54) is 11.3 Å². The van der Waals surface area contributed by atoms with Crippen molar-refractivity contribution in [1.29, 1.82) is 0 Å². The summed E-state index contributed by atoms with van der Waals surface area (Å²) in [5.41, 5.74) is 2.91. The van der Waals surface area contributed by atoms with Gasteiger partial charge in [-0.25, -0.2) is 0 Å². The van der Waals surface area contributed by atoms with Crippen molar-refractivity contribution in [2.75, 3.05) is 0 Å². The molecule has 1 nitrogen and oxygen atoms in total. The van der Waals surface area contributed by atoms with E-state index in [4.69, 9.17) is 0 Å². The molecule has 1 heterocycles. The lowest BCUT2D eigenvalue weighted by atomic mass is 10.1. The largest absolute Gasteiger partial charge is 0.288 e. The van der Waals surface area contributed by atoms with E-state index in [0.717, 1.165) is 29.8 Å². The van der Waals surface area contributed by atoms with Crippen LogP contribution in [-0.2, 0) is 0 Å². The Morgan fingerprint density at radius 1 is 1.18 bits per heavy atom. The zero-order valence-electron chi connectivity index (χ0n) is 9.38. The maximum Gasteiger partial charge on any atom is 0.204 e. The van der Waals surface area contributed by atoms with Crippen LogP contribution in [0.25, 0.3) is 0 Å². The summed E-state index contributed by atoms with van der Waals surface area (Å²) in [4.78, 5) is 13.1. The van der Waals surface area contributed by atoms with Crippen LogP contribution < -0.4 is 0 Å². The van der Waals surface area contributed by atoms with Crippen molar-refractivity contribution >= 4 is 49.0 Å². The highest BCUT2D eigenvalue weighted by atomic mass is 79.9. The van der Waals surface area contributed by atoms with E-state index in [2.05, 4.69) is 31.9 Å². The van der Waals surface area contributed by atoms with E-state index in [1.807, 2.05) is 38.1 Å². The molecule has 0 saturated heterocycles. The van der Waals surface area contributed by atoms with Gasteiger partial charge >= 0.3 is 0 Å². The predicted molar refractivity (Wildman–Crippen MR) is 79.1 cm³/mol. The highest BCUT2D eigenvalue weighted by Crippen LogP contribution is 2.30. The Labute approximate surface area is 121 Å². The Bertz CT molecular complexity index is 568. The van der Waals surface area contributed by atoms with Crippen LogP contribution >= 0.6 is 43.2 Å². The van der Waals surface area contributed by atoms with Crippen LogP contribution in [-0.4, -0.2) is 5.78 Å². The molecule has 2 aromatic rings. The number of thiophene rings is 1. The van der Waals surface area contributed by atoms with Crippen LogP contribution in [0.1, 0.15) is 26.4 Å². The maximum absolute atomic E-state index is 12.3. The van der Waals surface area contributed by atoms with Crippen LogP contribution in [0.15, 0.2) is 32.5 Å². The minimum absolute atomic E-state index is 0.0689. The van der Waals surface area contributed by atoms with Gasteiger partial charge in [0.15, 0.2) is 0 Å².